The Morgan fingerprint density at radius 1 is 1.32 bits per heavy atom. The molecule has 22 heavy (non-hydrogen) atoms. The summed E-state index contributed by atoms with van der Waals surface area (Å²) in [6.07, 6.45) is 0.320. The first-order chi connectivity index (χ1) is 10.4. The monoisotopic (exact) mass is 322 g/mol. The fourth-order valence-electron chi connectivity index (χ4n) is 3.12. The van der Waals surface area contributed by atoms with Gasteiger partial charge in [0.15, 0.2) is 0 Å². The van der Waals surface area contributed by atoms with Crippen LogP contribution in [0, 0.1) is 5.92 Å². The number of nitrogens with one attached hydrogen (secondary N) is 1. The summed E-state index contributed by atoms with van der Waals surface area (Å²) < 4.78 is 0. The van der Waals surface area contributed by atoms with E-state index < -0.39 is 17.4 Å². The Balaban J connectivity index is 1.85. The summed E-state index contributed by atoms with van der Waals surface area (Å²) in [4.78, 5) is 37.0. The number of carbonyl (C=O) groups is 3. The standard InChI is InChI=1S/C15H15ClN2O4/c16-11-3-1-9(2-4-11)8-18-12(19)7-17-14(22)15(18)5-10(6-15)13(20)21/h1-4,10H,5-8H2,(H,17,22)(H,20,21)/t10-,15-. The summed E-state index contributed by atoms with van der Waals surface area (Å²) in [6, 6.07) is 7.03. The number of carbonyl (C=O) groups excluding carboxylic acids is 2. The molecule has 1 saturated carbocycles. The highest BCUT2D eigenvalue weighted by Gasteiger charge is 2.59. The average Bonchev–Trinajstić information content (AvgIpc) is 2.43. The average molecular weight is 323 g/mol. The van der Waals surface area contributed by atoms with Crippen molar-refractivity contribution in [2.45, 2.75) is 24.9 Å². The number of amides is 2. The molecule has 1 aromatic carbocycles. The number of carboxylic acid groups (broad SMARTS) is 1. The summed E-state index contributed by atoms with van der Waals surface area (Å²) in [7, 11) is 0. The molecule has 7 heteroatoms. The number of rotatable bonds is 3. The third kappa shape index (κ3) is 2.33. The lowest BCUT2D eigenvalue weighted by molar-refractivity contribution is -0.172. The number of aliphatic carboxylic acids is 1. The summed E-state index contributed by atoms with van der Waals surface area (Å²) in [5, 5.41) is 12.2. The quantitative estimate of drug-likeness (QED) is 0.870. The Bertz CT molecular complexity index is 637. The van der Waals surface area contributed by atoms with Crippen molar-refractivity contribution >= 4 is 29.4 Å². The van der Waals surface area contributed by atoms with Gasteiger partial charge in [-0.2, -0.15) is 0 Å². The highest BCUT2D eigenvalue weighted by atomic mass is 35.5. The van der Waals surface area contributed by atoms with Crippen molar-refractivity contribution in [2.75, 3.05) is 6.54 Å². The number of hydrogen-bond acceptors (Lipinski definition) is 3. The van der Waals surface area contributed by atoms with Gasteiger partial charge in [0, 0.05) is 11.6 Å². The topological polar surface area (TPSA) is 86.7 Å². The van der Waals surface area contributed by atoms with Crippen LogP contribution < -0.4 is 5.32 Å². The van der Waals surface area contributed by atoms with Crippen LogP contribution in [0.4, 0.5) is 0 Å². The zero-order chi connectivity index (χ0) is 15.9. The summed E-state index contributed by atoms with van der Waals surface area (Å²) in [5.74, 6) is -1.97. The molecule has 0 atom stereocenters. The van der Waals surface area contributed by atoms with E-state index in [0.29, 0.717) is 5.02 Å². The zero-order valence-corrected chi connectivity index (χ0v) is 12.5. The summed E-state index contributed by atoms with van der Waals surface area (Å²) >= 11 is 5.84. The van der Waals surface area contributed by atoms with Gasteiger partial charge in [0.25, 0.3) is 0 Å². The molecule has 2 fully saturated rings. The SMILES string of the molecule is O=C1CNC(=O)[C@]2(C[C@@H](C(=O)O)C2)N1Cc1ccc(Cl)cc1. The highest BCUT2D eigenvalue weighted by Crippen LogP contribution is 2.45. The van der Waals surface area contributed by atoms with Crippen molar-refractivity contribution in [2.24, 2.45) is 5.92 Å². The minimum atomic E-state index is -1.03. The van der Waals surface area contributed by atoms with Crippen LogP contribution in [-0.2, 0) is 20.9 Å². The molecule has 2 aliphatic rings. The van der Waals surface area contributed by atoms with E-state index in [1.165, 1.54) is 4.90 Å². The maximum atomic E-state index is 12.2. The van der Waals surface area contributed by atoms with E-state index in [2.05, 4.69) is 5.32 Å². The lowest BCUT2D eigenvalue weighted by Crippen LogP contribution is -2.72. The molecule has 2 amide bonds. The first-order valence-electron chi connectivity index (χ1n) is 6.98. The number of benzene rings is 1. The Morgan fingerprint density at radius 3 is 2.55 bits per heavy atom. The number of nitrogens with zero attached hydrogens (tertiary/aromatic N) is 1. The van der Waals surface area contributed by atoms with E-state index in [1.54, 1.807) is 24.3 Å². The molecule has 0 radical (unpaired) electrons. The largest absolute Gasteiger partial charge is 0.481 e. The molecule has 1 saturated heterocycles. The summed E-state index contributed by atoms with van der Waals surface area (Å²) in [6.45, 7) is 0.224. The maximum Gasteiger partial charge on any atom is 0.306 e. The lowest BCUT2D eigenvalue weighted by atomic mass is 9.65. The Hall–Kier alpha value is -2.08. The van der Waals surface area contributed by atoms with Crippen molar-refractivity contribution < 1.29 is 19.5 Å². The molecule has 6 nitrogen and oxygen atoms in total. The second-order valence-corrected chi connectivity index (χ2v) is 6.20. The molecule has 1 aliphatic carbocycles. The van der Waals surface area contributed by atoms with Gasteiger partial charge in [-0.1, -0.05) is 23.7 Å². The molecule has 0 unspecified atom stereocenters. The van der Waals surface area contributed by atoms with Crippen LogP contribution in [0.1, 0.15) is 18.4 Å². The van der Waals surface area contributed by atoms with E-state index >= 15 is 0 Å². The molecule has 0 aromatic heterocycles. The zero-order valence-electron chi connectivity index (χ0n) is 11.7. The van der Waals surface area contributed by atoms with Crippen LogP contribution in [0.25, 0.3) is 0 Å². The van der Waals surface area contributed by atoms with Crippen molar-refractivity contribution in [3.63, 3.8) is 0 Å². The third-order valence-electron chi connectivity index (χ3n) is 4.41. The van der Waals surface area contributed by atoms with E-state index in [9.17, 15) is 14.4 Å². The van der Waals surface area contributed by atoms with Gasteiger partial charge < -0.3 is 15.3 Å². The summed E-state index contributed by atoms with van der Waals surface area (Å²) in [5.41, 5.74) is -0.177. The van der Waals surface area contributed by atoms with Gasteiger partial charge in [-0.05, 0) is 30.5 Å². The van der Waals surface area contributed by atoms with Crippen LogP contribution in [0.3, 0.4) is 0 Å². The van der Waals surface area contributed by atoms with E-state index in [1.807, 2.05) is 0 Å². The Morgan fingerprint density at radius 2 is 1.95 bits per heavy atom. The minimum absolute atomic E-state index is 0.0497. The van der Waals surface area contributed by atoms with Crippen LogP contribution in [0.5, 0.6) is 0 Å². The molecule has 3 rings (SSSR count). The fourth-order valence-corrected chi connectivity index (χ4v) is 3.25. The first kappa shape index (κ1) is 14.8. The van der Waals surface area contributed by atoms with Crippen LogP contribution in [0.2, 0.25) is 5.02 Å². The number of halogens is 1. The number of piperazine rings is 1. The molecule has 0 bridgehead atoms. The second-order valence-electron chi connectivity index (χ2n) is 5.76. The Labute approximate surface area is 132 Å². The van der Waals surface area contributed by atoms with Crippen LogP contribution in [-0.4, -0.2) is 39.9 Å². The predicted molar refractivity (Wildman–Crippen MR) is 78.1 cm³/mol. The molecular weight excluding hydrogens is 308 g/mol. The van der Waals surface area contributed by atoms with E-state index in [0.717, 1.165) is 5.56 Å². The van der Waals surface area contributed by atoms with E-state index in [4.69, 9.17) is 16.7 Å². The van der Waals surface area contributed by atoms with Crippen LogP contribution >= 0.6 is 11.6 Å². The second kappa shape index (κ2) is 5.28. The lowest BCUT2D eigenvalue weighted by Gasteiger charge is -2.53. The molecule has 1 aliphatic heterocycles. The van der Waals surface area contributed by atoms with Gasteiger partial charge in [-0.25, -0.2) is 0 Å². The molecule has 116 valence electrons. The smallest absolute Gasteiger partial charge is 0.306 e. The molecular formula is C15H15ClN2O4. The first-order valence-corrected chi connectivity index (χ1v) is 7.36. The van der Waals surface area contributed by atoms with Crippen molar-refractivity contribution in [3.8, 4) is 0 Å². The van der Waals surface area contributed by atoms with Crippen LogP contribution in [0.15, 0.2) is 24.3 Å². The molecule has 1 heterocycles. The molecule has 1 aromatic rings. The van der Waals surface area contributed by atoms with Gasteiger partial charge >= 0.3 is 5.97 Å². The van der Waals surface area contributed by atoms with Gasteiger partial charge in [0.05, 0.1) is 12.5 Å². The number of carboxylic acids is 1. The fraction of sp³-hybridized carbons (Fsp3) is 0.400. The van der Waals surface area contributed by atoms with Crippen molar-refractivity contribution in [3.05, 3.63) is 34.9 Å². The number of hydrogen-bond donors (Lipinski definition) is 2. The molecule has 2 N–H and O–H groups in total. The van der Waals surface area contributed by atoms with Gasteiger partial charge in [-0.15, -0.1) is 0 Å². The highest BCUT2D eigenvalue weighted by molar-refractivity contribution is 6.30. The maximum absolute atomic E-state index is 12.2. The Kier molecular flexibility index (Phi) is 3.56. The third-order valence-corrected chi connectivity index (χ3v) is 4.66. The van der Waals surface area contributed by atoms with Crippen molar-refractivity contribution in [1.82, 2.24) is 10.2 Å². The van der Waals surface area contributed by atoms with Gasteiger partial charge in [-0.3, -0.25) is 14.4 Å². The van der Waals surface area contributed by atoms with E-state index in [-0.39, 0.29) is 37.7 Å². The molecule has 1 spiro atoms. The van der Waals surface area contributed by atoms with Crippen molar-refractivity contribution in [1.29, 1.82) is 0 Å². The normalized spacial score (nSPS) is 27.5. The van der Waals surface area contributed by atoms with Gasteiger partial charge in [0.2, 0.25) is 11.8 Å². The predicted octanol–water partition coefficient (Wildman–Crippen LogP) is 1.03. The minimum Gasteiger partial charge on any atom is -0.481 e. The van der Waals surface area contributed by atoms with Gasteiger partial charge in [0.1, 0.15) is 5.54 Å².